The Hall–Kier alpha value is -1.77. The molecule has 0 spiro atoms. The highest BCUT2D eigenvalue weighted by Gasteiger charge is 2.29. The maximum atomic E-state index is 12.4. The minimum Gasteiger partial charge on any atom is -0.490 e. The monoisotopic (exact) mass is 538 g/mol. The molecule has 152 valence electrons. The zero-order chi connectivity index (χ0) is 21.0. The van der Waals surface area contributed by atoms with Gasteiger partial charge in [0.2, 0.25) is 0 Å². The number of benzene rings is 2. The highest BCUT2D eigenvalue weighted by molar-refractivity contribution is 9.10. The fourth-order valence-electron chi connectivity index (χ4n) is 2.71. The van der Waals surface area contributed by atoms with E-state index in [4.69, 9.17) is 9.47 Å². The Labute approximate surface area is 191 Å². The number of amides is 1. The number of hydrogen-bond acceptors (Lipinski definition) is 5. The molecule has 0 saturated carbocycles. The van der Waals surface area contributed by atoms with Crippen LogP contribution >= 0.6 is 43.6 Å². The third kappa shape index (κ3) is 5.24. The predicted octanol–water partition coefficient (Wildman–Crippen LogP) is 5.72. The van der Waals surface area contributed by atoms with Crippen LogP contribution in [0.5, 0.6) is 11.5 Å². The first-order chi connectivity index (χ1) is 13.9. The zero-order valence-electron chi connectivity index (χ0n) is 16.2. The number of amidine groups is 1. The van der Waals surface area contributed by atoms with E-state index in [9.17, 15) is 4.79 Å². The lowest BCUT2D eigenvalue weighted by atomic mass is 10.1. The van der Waals surface area contributed by atoms with Gasteiger partial charge in [-0.25, -0.2) is 0 Å². The Morgan fingerprint density at radius 1 is 1.17 bits per heavy atom. The second-order valence-corrected chi connectivity index (χ2v) is 8.94. The number of carbonyl (C=O) groups is 1. The van der Waals surface area contributed by atoms with Crippen LogP contribution in [0.3, 0.4) is 0 Å². The van der Waals surface area contributed by atoms with Gasteiger partial charge in [0.05, 0.1) is 16.0 Å². The van der Waals surface area contributed by atoms with Gasteiger partial charge < -0.3 is 9.47 Å². The molecule has 5 nitrogen and oxygen atoms in total. The number of rotatable bonds is 6. The van der Waals surface area contributed by atoms with E-state index in [-0.39, 0.29) is 5.91 Å². The number of nitrogens with zero attached hydrogens (tertiary/aromatic N) is 2. The molecule has 3 rings (SSSR count). The van der Waals surface area contributed by atoms with Gasteiger partial charge >= 0.3 is 0 Å². The van der Waals surface area contributed by atoms with E-state index >= 15 is 0 Å². The van der Waals surface area contributed by atoms with Gasteiger partial charge in [-0.15, -0.1) is 0 Å². The molecule has 0 atom stereocenters. The summed E-state index contributed by atoms with van der Waals surface area (Å²) in [4.78, 5) is 18.7. The summed E-state index contributed by atoms with van der Waals surface area (Å²) < 4.78 is 13.6. The highest BCUT2D eigenvalue weighted by Crippen LogP contribution is 2.39. The molecule has 0 bridgehead atoms. The SMILES string of the molecule is CCOc1cc(/C=C2/SC(=NC)N(C)C2=O)cc(Br)c1OCc1ccc(Br)cc1. The second kappa shape index (κ2) is 9.82. The normalized spacial score (nSPS) is 16.7. The van der Waals surface area contributed by atoms with Crippen molar-refractivity contribution >= 4 is 60.8 Å². The maximum absolute atomic E-state index is 12.4. The topological polar surface area (TPSA) is 51.1 Å². The van der Waals surface area contributed by atoms with Gasteiger partial charge in [-0.2, -0.15) is 0 Å². The lowest BCUT2D eigenvalue weighted by molar-refractivity contribution is -0.121. The van der Waals surface area contributed by atoms with E-state index in [1.54, 1.807) is 19.0 Å². The van der Waals surface area contributed by atoms with Crippen LogP contribution in [0, 0.1) is 0 Å². The minimum atomic E-state index is -0.0692. The molecule has 8 heteroatoms. The molecule has 0 N–H and O–H groups in total. The van der Waals surface area contributed by atoms with Crippen LogP contribution < -0.4 is 9.47 Å². The molecular weight excluding hydrogens is 520 g/mol. The van der Waals surface area contributed by atoms with Gasteiger partial charge in [0.1, 0.15) is 6.61 Å². The lowest BCUT2D eigenvalue weighted by Crippen LogP contribution is -2.23. The largest absolute Gasteiger partial charge is 0.490 e. The smallest absolute Gasteiger partial charge is 0.266 e. The third-order valence-corrected chi connectivity index (χ3v) is 6.39. The second-order valence-electron chi connectivity index (χ2n) is 6.16. The van der Waals surface area contributed by atoms with Crippen molar-refractivity contribution in [3.63, 3.8) is 0 Å². The summed E-state index contributed by atoms with van der Waals surface area (Å²) in [5.41, 5.74) is 1.90. The molecule has 0 radical (unpaired) electrons. The summed E-state index contributed by atoms with van der Waals surface area (Å²) in [5, 5.41) is 0.680. The van der Waals surface area contributed by atoms with Crippen molar-refractivity contribution in [2.24, 2.45) is 4.99 Å². The van der Waals surface area contributed by atoms with Crippen LogP contribution in [0.15, 0.2) is 55.2 Å². The van der Waals surface area contributed by atoms with Crippen molar-refractivity contribution in [2.75, 3.05) is 20.7 Å². The maximum Gasteiger partial charge on any atom is 0.266 e. The van der Waals surface area contributed by atoms with Crippen molar-refractivity contribution in [3.05, 3.63) is 61.4 Å². The van der Waals surface area contributed by atoms with Crippen LogP contribution in [0.25, 0.3) is 6.08 Å². The third-order valence-electron chi connectivity index (χ3n) is 4.12. The van der Waals surface area contributed by atoms with E-state index in [0.29, 0.717) is 34.8 Å². The molecule has 0 aromatic heterocycles. The number of aliphatic imine (C=N–C) groups is 1. The number of ether oxygens (including phenoxy) is 2. The van der Waals surface area contributed by atoms with Gasteiger partial charge in [-0.3, -0.25) is 14.7 Å². The molecule has 1 fully saturated rings. The number of thioether (sulfide) groups is 1. The van der Waals surface area contributed by atoms with Crippen molar-refractivity contribution < 1.29 is 14.3 Å². The molecule has 2 aromatic carbocycles. The molecule has 1 heterocycles. The highest BCUT2D eigenvalue weighted by atomic mass is 79.9. The Bertz CT molecular complexity index is 975. The first-order valence-electron chi connectivity index (χ1n) is 8.91. The van der Waals surface area contributed by atoms with E-state index in [1.807, 2.05) is 49.4 Å². The van der Waals surface area contributed by atoms with Crippen LogP contribution in [0.4, 0.5) is 0 Å². The first-order valence-corrected chi connectivity index (χ1v) is 11.3. The molecule has 0 unspecified atom stereocenters. The Kier molecular flexibility index (Phi) is 7.43. The fraction of sp³-hybridized carbons (Fsp3) is 0.238. The molecular formula is C21H20Br2N2O3S. The predicted molar refractivity (Wildman–Crippen MR) is 125 cm³/mol. The summed E-state index contributed by atoms with van der Waals surface area (Å²) >= 11 is 8.38. The van der Waals surface area contributed by atoms with Crippen molar-refractivity contribution in [3.8, 4) is 11.5 Å². The summed E-state index contributed by atoms with van der Waals surface area (Å²) in [6, 6.07) is 11.8. The van der Waals surface area contributed by atoms with Gasteiger partial charge in [-0.05, 0) is 76.1 Å². The molecule has 1 amide bonds. The number of carbonyl (C=O) groups excluding carboxylic acids is 1. The number of hydrogen-bond donors (Lipinski definition) is 0. The van der Waals surface area contributed by atoms with Crippen LogP contribution in [0.2, 0.25) is 0 Å². The van der Waals surface area contributed by atoms with Crippen molar-refractivity contribution in [1.82, 2.24) is 4.90 Å². The van der Waals surface area contributed by atoms with E-state index in [2.05, 4.69) is 36.9 Å². The summed E-state index contributed by atoms with van der Waals surface area (Å²) in [6.45, 7) is 2.85. The molecule has 1 aliphatic heterocycles. The Morgan fingerprint density at radius 2 is 1.90 bits per heavy atom. The van der Waals surface area contributed by atoms with E-state index in [1.165, 1.54) is 11.8 Å². The van der Waals surface area contributed by atoms with Crippen molar-refractivity contribution in [2.45, 2.75) is 13.5 Å². The molecule has 0 aliphatic carbocycles. The van der Waals surface area contributed by atoms with Crippen LogP contribution in [-0.4, -0.2) is 36.7 Å². The summed E-state index contributed by atoms with van der Waals surface area (Å²) in [5.74, 6) is 1.19. The minimum absolute atomic E-state index is 0.0692. The van der Waals surface area contributed by atoms with Gasteiger partial charge in [0.25, 0.3) is 5.91 Å². The summed E-state index contributed by atoms with van der Waals surface area (Å²) in [6.07, 6.45) is 1.84. The first kappa shape index (κ1) is 21.9. The number of likely N-dealkylation sites (N-methyl/N-ethyl adjacent to an activating group) is 1. The molecule has 2 aromatic rings. The summed E-state index contributed by atoms with van der Waals surface area (Å²) in [7, 11) is 3.40. The molecule has 1 aliphatic rings. The van der Waals surface area contributed by atoms with E-state index in [0.717, 1.165) is 20.1 Å². The quantitative estimate of drug-likeness (QED) is 0.440. The van der Waals surface area contributed by atoms with Gasteiger partial charge in [-0.1, -0.05) is 28.1 Å². The number of halogens is 2. The molecule has 1 saturated heterocycles. The fourth-order valence-corrected chi connectivity index (χ4v) is 4.48. The van der Waals surface area contributed by atoms with Crippen molar-refractivity contribution in [1.29, 1.82) is 0 Å². The lowest BCUT2D eigenvalue weighted by Gasteiger charge is -2.15. The van der Waals surface area contributed by atoms with Gasteiger partial charge in [0, 0.05) is 18.6 Å². The van der Waals surface area contributed by atoms with E-state index < -0.39 is 0 Å². The average molecular weight is 540 g/mol. The Balaban J connectivity index is 1.87. The molecule has 29 heavy (non-hydrogen) atoms. The zero-order valence-corrected chi connectivity index (χ0v) is 20.2. The van der Waals surface area contributed by atoms with Crippen LogP contribution in [0.1, 0.15) is 18.1 Å². The average Bonchev–Trinajstić information content (AvgIpc) is 2.97. The van der Waals surface area contributed by atoms with Gasteiger partial charge in [0.15, 0.2) is 16.7 Å². The van der Waals surface area contributed by atoms with Crippen LogP contribution in [-0.2, 0) is 11.4 Å². The standard InChI is InChI=1S/C21H20Br2N2O3S/c1-4-27-17-10-14(11-18-20(26)25(3)21(24-2)29-18)9-16(23)19(17)28-12-13-5-7-15(22)8-6-13/h5-11H,4,12H2,1-3H3/b18-11+,24-21?. The Morgan fingerprint density at radius 3 is 2.52 bits per heavy atom.